The van der Waals surface area contributed by atoms with Crippen molar-refractivity contribution in [3.05, 3.63) is 63.7 Å². The molecule has 1 atom stereocenters. The number of hydrazone groups is 1. The Labute approximate surface area is 188 Å². The second kappa shape index (κ2) is 9.38. The van der Waals surface area contributed by atoms with Crippen LogP contribution in [0.1, 0.15) is 58.1 Å². The van der Waals surface area contributed by atoms with Crippen LogP contribution in [0, 0.1) is 10.1 Å². The third-order valence-electron chi connectivity index (χ3n) is 5.64. The number of nitrogens with zero attached hydrogens (tertiary/aromatic N) is 3. The summed E-state index contributed by atoms with van der Waals surface area (Å²) in [5, 5.41) is 15.0. The molecule has 32 heavy (non-hydrogen) atoms. The van der Waals surface area contributed by atoms with Gasteiger partial charge in [0.05, 0.1) is 11.1 Å². The van der Waals surface area contributed by atoms with Crippen molar-refractivity contribution >= 4 is 23.5 Å². The Morgan fingerprint density at radius 1 is 1.34 bits per heavy atom. The summed E-state index contributed by atoms with van der Waals surface area (Å²) in [6, 6.07) is 12.5. The van der Waals surface area contributed by atoms with Crippen molar-refractivity contribution in [3.8, 4) is 5.75 Å². The van der Waals surface area contributed by atoms with E-state index in [-0.39, 0.29) is 23.6 Å². The van der Waals surface area contributed by atoms with Crippen LogP contribution in [0.4, 0.5) is 11.4 Å². The van der Waals surface area contributed by atoms with E-state index < -0.39 is 10.8 Å². The molecule has 170 valence electrons. The van der Waals surface area contributed by atoms with Crippen molar-refractivity contribution in [1.82, 2.24) is 5.43 Å². The summed E-state index contributed by atoms with van der Waals surface area (Å²) in [4.78, 5) is 25.0. The van der Waals surface area contributed by atoms with Crippen molar-refractivity contribution in [2.24, 2.45) is 5.10 Å². The third-order valence-corrected chi connectivity index (χ3v) is 5.64. The highest BCUT2D eigenvalue weighted by Crippen LogP contribution is 2.44. The molecule has 0 spiro atoms. The second-order valence-electron chi connectivity index (χ2n) is 9.01. The molecule has 1 amide bonds. The number of anilines is 1. The molecule has 0 aliphatic carbocycles. The first-order chi connectivity index (χ1) is 15.1. The van der Waals surface area contributed by atoms with Gasteiger partial charge in [-0.3, -0.25) is 14.9 Å². The van der Waals surface area contributed by atoms with E-state index >= 15 is 0 Å². The molecule has 2 aromatic rings. The van der Waals surface area contributed by atoms with Gasteiger partial charge in [-0.25, -0.2) is 5.43 Å². The van der Waals surface area contributed by atoms with Crippen LogP contribution >= 0.6 is 0 Å². The molecule has 0 fully saturated rings. The molecule has 8 nitrogen and oxygen atoms in total. The van der Waals surface area contributed by atoms with Gasteiger partial charge in [-0.15, -0.1) is 0 Å². The van der Waals surface area contributed by atoms with Gasteiger partial charge in [0.25, 0.3) is 5.91 Å². The van der Waals surface area contributed by atoms with Crippen LogP contribution in [0.2, 0.25) is 0 Å². The maximum atomic E-state index is 12.0. The van der Waals surface area contributed by atoms with Crippen molar-refractivity contribution in [1.29, 1.82) is 0 Å². The maximum absolute atomic E-state index is 12.0. The first-order valence-electron chi connectivity index (χ1n) is 10.7. The largest absolute Gasteiger partial charge is 0.477 e. The standard InChI is InChI=1S/C24H30N4O4/c1-16(2)27-20-11-10-18(12-19(20)17(3)13-24(27,4)5)14-25-26-23(29)15-32-22-9-7-6-8-21(22)28(30)31/h6-12,14,16-17H,13,15H2,1-5H3,(H,26,29)/b25-14-. The Kier molecular flexibility index (Phi) is 6.81. The van der Waals surface area contributed by atoms with E-state index in [0.29, 0.717) is 12.0 Å². The van der Waals surface area contributed by atoms with Gasteiger partial charge in [0.1, 0.15) is 0 Å². The maximum Gasteiger partial charge on any atom is 0.310 e. The number of ether oxygens (including phenoxy) is 1. The van der Waals surface area contributed by atoms with Crippen molar-refractivity contribution < 1.29 is 14.5 Å². The summed E-state index contributed by atoms with van der Waals surface area (Å²) >= 11 is 0. The predicted octanol–water partition coefficient (Wildman–Crippen LogP) is 4.62. The van der Waals surface area contributed by atoms with Gasteiger partial charge >= 0.3 is 5.69 Å². The minimum atomic E-state index is -0.552. The zero-order valence-electron chi connectivity index (χ0n) is 19.2. The number of hydrogen-bond donors (Lipinski definition) is 1. The number of nitro groups is 1. The monoisotopic (exact) mass is 438 g/mol. The van der Waals surface area contributed by atoms with Crippen molar-refractivity contribution in [2.45, 2.75) is 58.5 Å². The van der Waals surface area contributed by atoms with E-state index in [9.17, 15) is 14.9 Å². The lowest BCUT2D eigenvalue weighted by atomic mass is 9.79. The molecule has 0 saturated carbocycles. The lowest BCUT2D eigenvalue weighted by molar-refractivity contribution is -0.385. The number of carbonyl (C=O) groups excluding carboxylic acids is 1. The average molecular weight is 439 g/mol. The minimum absolute atomic E-state index is 0.0398. The van der Waals surface area contributed by atoms with Crippen molar-refractivity contribution in [2.75, 3.05) is 11.5 Å². The van der Waals surface area contributed by atoms with E-state index in [0.717, 1.165) is 12.0 Å². The zero-order chi connectivity index (χ0) is 23.5. The summed E-state index contributed by atoms with van der Waals surface area (Å²) in [6.07, 6.45) is 2.65. The van der Waals surface area contributed by atoms with E-state index in [4.69, 9.17) is 4.74 Å². The highest BCUT2D eigenvalue weighted by molar-refractivity contribution is 5.84. The van der Waals surface area contributed by atoms with Gasteiger partial charge in [0.15, 0.2) is 12.4 Å². The fourth-order valence-corrected chi connectivity index (χ4v) is 4.61. The summed E-state index contributed by atoms with van der Waals surface area (Å²) in [6.45, 7) is 10.8. The highest BCUT2D eigenvalue weighted by atomic mass is 16.6. The molecule has 8 heteroatoms. The van der Waals surface area contributed by atoms with E-state index in [1.807, 2.05) is 6.07 Å². The Morgan fingerprint density at radius 3 is 2.75 bits per heavy atom. The number of benzene rings is 2. The number of nitro benzene ring substituents is 1. The number of para-hydroxylation sites is 2. The second-order valence-corrected chi connectivity index (χ2v) is 9.01. The molecule has 2 aromatic carbocycles. The van der Waals surface area contributed by atoms with Crippen LogP contribution in [-0.4, -0.2) is 35.2 Å². The molecule has 1 aliphatic rings. The number of carbonyl (C=O) groups is 1. The molecule has 0 aromatic heterocycles. The van der Waals surface area contributed by atoms with Crippen LogP contribution < -0.4 is 15.1 Å². The zero-order valence-corrected chi connectivity index (χ0v) is 19.2. The number of amides is 1. The number of hydrogen-bond acceptors (Lipinski definition) is 6. The molecule has 0 bridgehead atoms. The van der Waals surface area contributed by atoms with Crippen LogP contribution in [0.3, 0.4) is 0 Å². The molecule has 1 heterocycles. The number of nitrogens with one attached hydrogen (secondary N) is 1. The first-order valence-corrected chi connectivity index (χ1v) is 10.7. The Hall–Kier alpha value is -3.42. The first kappa shape index (κ1) is 23.2. The Balaban J connectivity index is 1.65. The van der Waals surface area contributed by atoms with Crippen LogP contribution in [0.15, 0.2) is 47.6 Å². The fraction of sp³-hybridized carbons (Fsp3) is 0.417. The molecule has 0 saturated heterocycles. The smallest absolute Gasteiger partial charge is 0.310 e. The molecule has 3 rings (SSSR count). The van der Waals surface area contributed by atoms with Crippen LogP contribution in [-0.2, 0) is 4.79 Å². The van der Waals surface area contributed by atoms with E-state index in [2.05, 4.69) is 62.2 Å². The molecule has 0 radical (unpaired) electrons. The molecular weight excluding hydrogens is 408 g/mol. The summed E-state index contributed by atoms with van der Waals surface area (Å²) in [7, 11) is 0. The molecule has 1 unspecified atom stereocenters. The minimum Gasteiger partial charge on any atom is -0.477 e. The molecule has 1 aliphatic heterocycles. The number of rotatable bonds is 7. The lowest BCUT2D eigenvalue weighted by Crippen LogP contribution is -2.51. The Bertz CT molecular complexity index is 1030. The lowest BCUT2D eigenvalue weighted by Gasteiger charge is -2.50. The van der Waals surface area contributed by atoms with Gasteiger partial charge in [-0.2, -0.15) is 5.10 Å². The van der Waals surface area contributed by atoms with E-state index in [1.165, 1.54) is 29.4 Å². The quantitative estimate of drug-likeness (QED) is 0.386. The summed E-state index contributed by atoms with van der Waals surface area (Å²) < 4.78 is 5.27. The topological polar surface area (TPSA) is 97.1 Å². The normalized spacial score (nSPS) is 17.3. The third kappa shape index (κ3) is 5.07. The van der Waals surface area contributed by atoms with Crippen LogP contribution in [0.5, 0.6) is 5.75 Å². The number of fused-ring (bicyclic) bond motifs is 1. The van der Waals surface area contributed by atoms with Gasteiger partial charge in [-0.05, 0) is 69.4 Å². The highest BCUT2D eigenvalue weighted by Gasteiger charge is 2.37. The fourth-order valence-electron chi connectivity index (χ4n) is 4.61. The van der Waals surface area contributed by atoms with Gasteiger partial charge in [0.2, 0.25) is 0 Å². The van der Waals surface area contributed by atoms with Crippen molar-refractivity contribution in [3.63, 3.8) is 0 Å². The summed E-state index contributed by atoms with van der Waals surface area (Å²) in [5.74, 6) is -0.0515. The van der Waals surface area contributed by atoms with Gasteiger partial charge < -0.3 is 9.64 Å². The SMILES string of the molecule is CC1CC(C)(C)N(C(C)C)c2ccc(/C=N\NC(=O)COc3ccccc3[N+](=O)[O-])cc21. The van der Waals surface area contributed by atoms with Gasteiger partial charge in [0, 0.05) is 23.3 Å². The molecule has 1 N–H and O–H groups in total. The summed E-state index contributed by atoms with van der Waals surface area (Å²) in [5.41, 5.74) is 5.70. The van der Waals surface area contributed by atoms with Gasteiger partial charge in [-0.1, -0.05) is 25.1 Å². The van der Waals surface area contributed by atoms with E-state index in [1.54, 1.807) is 12.3 Å². The van der Waals surface area contributed by atoms with Crippen LogP contribution in [0.25, 0.3) is 0 Å². The predicted molar refractivity (Wildman–Crippen MR) is 125 cm³/mol. The molecular formula is C24H30N4O4. The Morgan fingerprint density at radius 2 is 2.06 bits per heavy atom. The average Bonchev–Trinajstić information content (AvgIpc) is 2.71.